The number of methoxy groups -OCH3 is 1. The first-order valence-electron chi connectivity index (χ1n) is 10.4. The summed E-state index contributed by atoms with van der Waals surface area (Å²) in [5.41, 5.74) is 15.3. The second kappa shape index (κ2) is 9.67. The maximum Gasteiger partial charge on any atom is 0.211 e. The molecule has 1 aliphatic rings. The van der Waals surface area contributed by atoms with Gasteiger partial charge in [-0.05, 0) is 48.4 Å². The Balaban J connectivity index is 1.77. The number of pyridine rings is 1. The first-order chi connectivity index (χ1) is 16.9. The number of nitrogens with two attached hydrogens (primary N) is 2. The molecule has 35 heavy (non-hydrogen) atoms. The Morgan fingerprint density at radius 2 is 1.94 bits per heavy atom. The Morgan fingerprint density at radius 1 is 1.17 bits per heavy atom. The number of aryl methyl sites for hydroxylation is 1. The quantitative estimate of drug-likeness (QED) is 0.309. The van der Waals surface area contributed by atoms with Crippen molar-refractivity contribution < 1.29 is 9.47 Å². The molecule has 1 atom stereocenters. The summed E-state index contributed by atoms with van der Waals surface area (Å²) in [6.45, 7) is 2.12. The average molecular weight is 489 g/mol. The van der Waals surface area contributed by atoms with Crippen LogP contribution in [0, 0.1) is 29.7 Å². The number of aromatic nitrogens is 1. The van der Waals surface area contributed by atoms with E-state index in [0.29, 0.717) is 27.9 Å². The highest BCUT2D eigenvalue weighted by Gasteiger charge is 2.30. The first-order valence-corrected chi connectivity index (χ1v) is 10.8. The Labute approximate surface area is 206 Å². The van der Waals surface area contributed by atoms with Crippen LogP contribution in [-0.2, 0) is 6.61 Å². The van der Waals surface area contributed by atoms with E-state index in [1.165, 1.54) is 0 Å². The molecule has 0 spiro atoms. The number of anilines is 3. The topological polar surface area (TPSA) is 167 Å². The van der Waals surface area contributed by atoms with E-state index in [4.69, 9.17) is 37.8 Å². The van der Waals surface area contributed by atoms with E-state index >= 15 is 0 Å². The van der Waals surface area contributed by atoms with Crippen molar-refractivity contribution in [3.05, 3.63) is 69.2 Å². The largest absolute Gasteiger partial charge is 0.496 e. The molecule has 1 aromatic heterocycles. The Bertz CT molecular complexity index is 1420. The number of nitrogen functional groups attached to an aromatic ring is 2. The Kier molecular flexibility index (Phi) is 6.49. The molecule has 0 saturated heterocycles. The summed E-state index contributed by atoms with van der Waals surface area (Å²) in [7, 11) is 1.57. The van der Waals surface area contributed by atoms with E-state index in [9.17, 15) is 5.26 Å². The van der Waals surface area contributed by atoms with Gasteiger partial charge in [0.05, 0.1) is 12.8 Å². The highest BCUT2D eigenvalue weighted by molar-refractivity contribution is 6.30. The molecule has 0 radical (unpaired) electrons. The van der Waals surface area contributed by atoms with Crippen molar-refractivity contribution in [1.29, 1.82) is 10.5 Å². The number of hydrogen-bond donors (Lipinski definition) is 4. The number of nitrogens with zero attached hydrogens (tertiary/aromatic N) is 4. The van der Waals surface area contributed by atoms with Crippen LogP contribution in [0.15, 0.2) is 41.4 Å². The number of nitrogens with one attached hydrogen (secondary N) is 2. The number of guanidine groups is 1. The number of aliphatic imine (C=N–C) groups is 1. The maximum atomic E-state index is 9.52. The van der Waals surface area contributed by atoms with Crippen molar-refractivity contribution >= 4 is 34.9 Å². The van der Waals surface area contributed by atoms with E-state index in [0.717, 1.165) is 16.7 Å². The Morgan fingerprint density at radius 3 is 2.63 bits per heavy atom. The number of nitriles is 2. The molecule has 0 bridgehead atoms. The smallest absolute Gasteiger partial charge is 0.211 e. The van der Waals surface area contributed by atoms with Crippen LogP contribution in [0.5, 0.6) is 11.5 Å². The molecule has 2 heterocycles. The summed E-state index contributed by atoms with van der Waals surface area (Å²) in [5.74, 6) is 1.77. The fourth-order valence-corrected chi connectivity index (χ4v) is 4.06. The van der Waals surface area contributed by atoms with Gasteiger partial charge in [0.2, 0.25) is 5.96 Å². The third-order valence-corrected chi connectivity index (χ3v) is 5.73. The average Bonchev–Trinajstić information content (AvgIpc) is 2.83. The lowest BCUT2D eigenvalue weighted by Crippen LogP contribution is -2.32. The van der Waals surface area contributed by atoms with Crippen LogP contribution in [0.25, 0.3) is 0 Å². The molecule has 1 unspecified atom stereocenters. The zero-order valence-electron chi connectivity index (χ0n) is 18.9. The molecule has 10 nitrogen and oxygen atoms in total. The summed E-state index contributed by atoms with van der Waals surface area (Å²) >= 11 is 6.05. The molecule has 176 valence electrons. The Hall–Kier alpha value is -4.67. The van der Waals surface area contributed by atoms with E-state index in [-0.39, 0.29) is 29.6 Å². The SMILES string of the molecule is COc1ccc(C2N=C(NC#N)Nc3nc(N)c(C#N)c(N)c32)cc1COc1ccc(Cl)cc1C. The standard InChI is InChI=1S/C24H21ClN8O2/c1-12-7-15(25)4-6-17(12)35-10-14-8-13(3-5-18(14)34-2)21-19-20(28)16(9-26)22(29)32-23(19)33-24(31-21)30-11-27/h3-8,21H,10H2,1-2H3,(H6,28,29,30,31,32,33). The summed E-state index contributed by atoms with van der Waals surface area (Å²) in [5, 5.41) is 24.6. The fourth-order valence-electron chi connectivity index (χ4n) is 3.83. The van der Waals surface area contributed by atoms with Gasteiger partial charge in [-0.15, -0.1) is 0 Å². The van der Waals surface area contributed by atoms with Crippen LogP contribution in [0.2, 0.25) is 5.02 Å². The van der Waals surface area contributed by atoms with Gasteiger partial charge in [0.25, 0.3) is 0 Å². The van der Waals surface area contributed by atoms with E-state index in [1.807, 2.05) is 37.4 Å². The molecule has 1 aliphatic heterocycles. The van der Waals surface area contributed by atoms with Gasteiger partial charge in [-0.3, -0.25) is 5.32 Å². The monoisotopic (exact) mass is 488 g/mol. The number of halogens is 1. The molecule has 0 saturated carbocycles. The summed E-state index contributed by atoms with van der Waals surface area (Å²) in [6, 6.07) is 12.2. The van der Waals surface area contributed by atoms with Gasteiger partial charge in [0.1, 0.15) is 47.4 Å². The highest BCUT2D eigenvalue weighted by atomic mass is 35.5. The minimum Gasteiger partial charge on any atom is -0.496 e. The van der Waals surface area contributed by atoms with Crippen LogP contribution in [-0.4, -0.2) is 18.1 Å². The second-order valence-corrected chi connectivity index (χ2v) is 8.11. The fraction of sp³-hybridized carbons (Fsp3) is 0.167. The van der Waals surface area contributed by atoms with Crippen molar-refractivity contribution in [2.75, 3.05) is 23.9 Å². The molecule has 4 rings (SSSR count). The minimum absolute atomic E-state index is 0.0182. The molecule has 6 N–H and O–H groups in total. The van der Waals surface area contributed by atoms with Gasteiger partial charge in [0, 0.05) is 16.1 Å². The highest BCUT2D eigenvalue weighted by Crippen LogP contribution is 2.41. The number of ether oxygens (including phenoxy) is 2. The van der Waals surface area contributed by atoms with Crippen molar-refractivity contribution in [2.24, 2.45) is 4.99 Å². The van der Waals surface area contributed by atoms with Crippen molar-refractivity contribution in [3.63, 3.8) is 0 Å². The number of hydrogen-bond acceptors (Lipinski definition) is 10. The second-order valence-electron chi connectivity index (χ2n) is 7.67. The van der Waals surface area contributed by atoms with E-state index < -0.39 is 6.04 Å². The lowest BCUT2D eigenvalue weighted by Gasteiger charge is -2.26. The summed E-state index contributed by atoms with van der Waals surface area (Å²) in [6.07, 6.45) is 1.83. The summed E-state index contributed by atoms with van der Waals surface area (Å²) < 4.78 is 11.6. The van der Waals surface area contributed by atoms with Crippen LogP contribution in [0.1, 0.15) is 33.9 Å². The first kappa shape index (κ1) is 23.5. The minimum atomic E-state index is -0.677. The van der Waals surface area contributed by atoms with Gasteiger partial charge >= 0.3 is 0 Å². The predicted molar refractivity (Wildman–Crippen MR) is 133 cm³/mol. The van der Waals surface area contributed by atoms with E-state index in [2.05, 4.69) is 20.6 Å². The molecule has 3 aromatic rings. The van der Waals surface area contributed by atoms with Gasteiger partial charge in [-0.1, -0.05) is 17.7 Å². The zero-order chi connectivity index (χ0) is 25.1. The number of fused-ring (bicyclic) bond motifs is 1. The predicted octanol–water partition coefficient (Wildman–Crippen LogP) is 3.61. The van der Waals surface area contributed by atoms with Crippen LogP contribution < -0.4 is 31.6 Å². The lowest BCUT2D eigenvalue weighted by atomic mass is 9.94. The van der Waals surface area contributed by atoms with Crippen LogP contribution in [0.3, 0.4) is 0 Å². The molecular formula is C24H21ClN8O2. The molecule has 0 aliphatic carbocycles. The third kappa shape index (κ3) is 4.56. The van der Waals surface area contributed by atoms with E-state index in [1.54, 1.807) is 25.3 Å². The van der Waals surface area contributed by atoms with Gasteiger partial charge < -0.3 is 26.3 Å². The van der Waals surface area contributed by atoms with Crippen molar-refractivity contribution in [3.8, 4) is 23.8 Å². The van der Waals surface area contributed by atoms with Gasteiger partial charge in [0.15, 0.2) is 6.19 Å². The molecular weight excluding hydrogens is 468 g/mol. The molecule has 11 heteroatoms. The van der Waals surface area contributed by atoms with Crippen molar-refractivity contribution in [2.45, 2.75) is 19.6 Å². The molecule has 0 fully saturated rings. The van der Waals surface area contributed by atoms with Crippen LogP contribution in [0.4, 0.5) is 17.3 Å². The number of benzene rings is 2. The normalized spacial score (nSPS) is 14.0. The van der Waals surface area contributed by atoms with Crippen LogP contribution >= 0.6 is 11.6 Å². The van der Waals surface area contributed by atoms with Crippen molar-refractivity contribution in [1.82, 2.24) is 10.3 Å². The van der Waals surface area contributed by atoms with Gasteiger partial charge in [-0.25, -0.2) is 9.98 Å². The molecule has 2 aromatic carbocycles. The third-order valence-electron chi connectivity index (χ3n) is 5.50. The molecule has 0 amide bonds. The maximum absolute atomic E-state index is 9.52. The number of rotatable bonds is 5. The lowest BCUT2D eigenvalue weighted by molar-refractivity contribution is 0.294. The zero-order valence-corrected chi connectivity index (χ0v) is 19.6. The van der Waals surface area contributed by atoms with Gasteiger partial charge in [-0.2, -0.15) is 10.5 Å². The summed E-state index contributed by atoms with van der Waals surface area (Å²) in [4.78, 5) is 8.87.